The average Bonchev–Trinajstić information content (AvgIpc) is 1.85. The number of rotatable bonds is 1. The fraction of sp³-hybridized carbons (Fsp3) is 0. The summed E-state index contributed by atoms with van der Waals surface area (Å²) in [6.07, 6.45) is 0.438. The van der Waals surface area contributed by atoms with Gasteiger partial charge >= 0.3 is 5.69 Å². The molecule has 0 unspecified atom stereocenters. The van der Waals surface area contributed by atoms with E-state index >= 15 is 0 Å². The third-order valence-electron chi connectivity index (χ3n) is 1.15. The lowest BCUT2D eigenvalue weighted by molar-refractivity contribution is 0.112. The Morgan fingerprint density at radius 2 is 2.09 bits per heavy atom. The molecule has 6 nitrogen and oxygen atoms in total. The lowest BCUT2D eigenvalue weighted by atomic mass is 10.3. The van der Waals surface area contributed by atoms with Crippen LogP contribution in [0.5, 0.6) is 0 Å². The smallest absolute Gasteiger partial charge is 0.348 e. The number of aromatic nitrogens is 2. The van der Waals surface area contributed by atoms with Crippen LogP contribution in [0.25, 0.3) is 0 Å². The minimum Gasteiger partial charge on any atom is -0.384 e. The number of nitrogens with two attached hydrogens (primary N) is 2. The number of hydrogen-bond acceptors (Lipinski definition) is 5. The van der Waals surface area contributed by atoms with Crippen molar-refractivity contribution in [2.24, 2.45) is 0 Å². The minimum atomic E-state index is -0.661. The van der Waals surface area contributed by atoms with Gasteiger partial charge in [0.15, 0.2) is 6.29 Å². The Bertz CT molecular complexity index is 317. The Hall–Kier alpha value is -1.85. The van der Waals surface area contributed by atoms with Crippen LogP contribution in [0.1, 0.15) is 10.4 Å². The van der Waals surface area contributed by atoms with Crippen LogP contribution in [0.3, 0.4) is 0 Å². The molecule has 0 spiro atoms. The van der Waals surface area contributed by atoms with Gasteiger partial charge in [-0.2, -0.15) is 4.98 Å². The average molecular weight is 154 g/mol. The maximum absolute atomic E-state index is 10.5. The predicted molar refractivity (Wildman–Crippen MR) is 39.1 cm³/mol. The summed E-state index contributed by atoms with van der Waals surface area (Å²) in [6, 6.07) is 0. The molecule has 1 rings (SSSR count). The van der Waals surface area contributed by atoms with E-state index in [4.69, 9.17) is 11.5 Å². The maximum Gasteiger partial charge on any atom is 0.348 e. The SMILES string of the molecule is Nc1nc(=O)[nH]c(N)c1C=O. The van der Waals surface area contributed by atoms with Crippen molar-refractivity contribution in [3.05, 3.63) is 16.0 Å². The first-order chi connectivity index (χ1) is 5.15. The highest BCUT2D eigenvalue weighted by atomic mass is 16.1. The van der Waals surface area contributed by atoms with Gasteiger partial charge in [0, 0.05) is 0 Å². The molecule has 5 N–H and O–H groups in total. The van der Waals surface area contributed by atoms with Crippen molar-refractivity contribution in [2.75, 3.05) is 11.5 Å². The molecule has 58 valence electrons. The highest BCUT2D eigenvalue weighted by Gasteiger charge is 2.04. The van der Waals surface area contributed by atoms with Gasteiger partial charge in [0.25, 0.3) is 0 Å². The zero-order chi connectivity index (χ0) is 8.43. The Balaban J connectivity index is 3.48. The van der Waals surface area contributed by atoms with Crippen molar-refractivity contribution < 1.29 is 4.79 Å². The topological polar surface area (TPSA) is 115 Å². The van der Waals surface area contributed by atoms with Gasteiger partial charge in [-0.05, 0) is 0 Å². The van der Waals surface area contributed by atoms with Crippen molar-refractivity contribution >= 4 is 17.9 Å². The molecule has 11 heavy (non-hydrogen) atoms. The van der Waals surface area contributed by atoms with E-state index in [9.17, 15) is 9.59 Å². The number of hydrogen-bond donors (Lipinski definition) is 3. The first kappa shape index (κ1) is 7.26. The fourth-order valence-corrected chi connectivity index (χ4v) is 0.642. The van der Waals surface area contributed by atoms with Crippen molar-refractivity contribution in [3.8, 4) is 0 Å². The third kappa shape index (κ3) is 1.18. The monoisotopic (exact) mass is 154 g/mol. The summed E-state index contributed by atoms with van der Waals surface area (Å²) in [6.45, 7) is 0. The molecule has 0 saturated heterocycles. The molecule has 0 saturated carbocycles. The molecule has 0 atom stereocenters. The molecular weight excluding hydrogens is 148 g/mol. The molecule has 0 bridgehead atoms. The summed E-state index contributed by atoms with van der Waals surface area (Å²) in [7, 11) is 0. The largest absolute Gasteiger partial charge is 0.384 e. The number of anilines is 2. The van der Waals surface area contributed by atoms with Gasteiger partial charge in [-0.3, -0.25) is 9.78 Å². The van der Waals surface area contributed by atoms with Gasteiger partial charge in [-0.15, -0.1) is 0 Å². The first-order valence-electron chi connectivity index (χ1n) is 2.75. The Morgan fingerprint density at radius 3 is 2.55 bits per heavy atom. The number of aromatic amines is 1. The van der Waals surface area contributed by atoms with Gasteiger partial charge in [0.05, 0.1) is 5.56 Å². The van der Waals surface area contributed by atoms with Gasteiger partial charge < -0.3 is 11.5 Å². The van der Waals surface area contributed by atoms with Gasteiger partial charge in [0.1, 0.15) is 11.6 Å². The van der Waals surface area contributed by atoms with Crippen LogP contribution in [0, 0.1) is 0 Å². The summed E-state index contributed by atoms with van der Waals surface area (Å²) in [5.41, 5.74) is 9.77. The van der Waals surface area contributed by atoms with Gasteiger partial charge in [-0.25, -0.2) is 4.79 Å². The minimum absolute atomic E-state index is 0.0181. The predicted octanol–water partition coefficient (Wildman–Crippen LogP) is -1.25. The van der Waals surface area contributed by atoms with Gasteiger partial charge in [0.2, 0.25) is 0 Å². The molecule has 0 aliphatic carbocycles. The first-order valence-corrected chi connectivity index (χ1v) is 2.75. The quantitative estimate of drug-likeness (QED) is 0.437. The van der Waals surface area contributed by atoms with Crippen molar-refractivity contribution in [2.45, 2.75) is 0 Å². The summed E-state index contributed by atoms with van der Waals surface area (Å²) in [5, 5.41) is 0. The number of nitrogens with one attached hydrogen (secondary N) is 1. The summed E-state index contributed by atoms with van der Waals surface area (Å²) in [5.74, 6) is -0.209. The van der Waals surface area contributed by atoms with Crippen molar-refractivity contribution in [1.29, 1.82) is 0 Å². The van der Waals surface area contributed by atoms with Crippen LogP contribution in [0.15, 0.2) is 4.79 Å². The van der Waals surface area contributed by atoms with Crippen LogP contribution < -0.4 is 17.2 Å². The van der Waals surface area contributed by atoms with Crippen LogP contribution >= 0.6 is 0 Å². The van der Waals surface area contributed by atoms with Crippen LogP contribution in [-0.4, -0.2) is 16.3 Å². The van der Waals surface area contributed by atoms with E-state index in [1.807, 2.05) is 0 Å². The number of nitrogen functional groups attached to an aromatic ring is 2. The molecule has 0 radical (unpaired) electrons. The van der Waals surface area contributed by atoms with E-state index in [1.165, 1.54) is 0 Å². The van der Waals surface area contributed by atoms with E-state index in [2.05, 4.69) is 9.97 Å². The standard InChI is InChI=1S/C5H6N4O2/c6-3-2(1-10)4(7)9-5(11)8-3/h1H,(H5,6,7,8,9,11). The Morgan fingerprint density at radius 1 is 1.45 bits per heavy atom. The molecule has 0 aliphatic rings. The second-order valence-corrected chi connectivity index (χ2v) is 1.87. The molecule has 0 aromatic carbocycles. The molecular formula is C5H6N4O2. The van der Waals surface area contributed by atoms with Crippen LogP contribution in [0.2, 0.25) is 0 Å². The normalized spacial score (nSPS) is 9.45. The van der Waals surface area contributed by atoms with Crippen LogP contribution in [0.4, 0.5) is 11.6 Å². The molecule has 6 heteroatoms. The third-order valence-corrected chi connectivity index (χ3v) is 1.15. The highest BCUT2D eigenvalue weighted by molar-refractivity contribution is 5.87. The second-order valence-electron chi connectivity index (χ2n) is 1.87. The number of nitrogens with zero attached hydrogens (tertiary/aromatic N) is 1. The Labute approximate surface area is 61.2 Å². The number of aldehydes is 1. The van der Waals surface area contributed by atoms with Crippen LogP contribution in [-0.2, 0) is 0 Å². The zero-order valence-corrected chi connectivity index (χ0v) is 5.50. The number of carbonyl (C=O) groups excluding carboxylic acids is 1. The van der Waals surface area contributed by atoms with Crippen molar-refractivity contribution in [1.82, 2.24) is 9.97 Å². The highest BCUT2D eigenvalue weighted by Crippen LogP contribution is 2.07. The molecule has 1 aromatic rings. The molecule has 0 aliphatic heterocycles. The summed E-state index contributed by atoms with van der Waals surface area (Å²) in [4.78, 5) is 26.2. The van der Waals surface area contributed by atoms with Crippen molar-refractivity contribution in [3.63, 3.8) is 0 Å². The summed E-state index contributed by atoms with van der Waals surface area (Å²) < 4.78 is 0. The lowest BCUT2D eigenvalue weighted by Gasteiger charge is -1.98. The number of H-pyrrole nitrogens is 1. The fourth-order valence-electron chi connectivity index (χ4n) is 0.642. The molecule has 1 heterocycles. The zero-order valence-electron chi connectivity index (χ0n) is 5.50. The van der Waals surface area contributed by atoms with Gasteiger partial charge in [-0.1, -0.05) is 0 Å². The van der Waals surface area contributed by atoms with E-state index in [0.29, 0.717) is 6.29 Å². The molecule has 0 fully saturated rings. The lowest BCUT2D eigenvalue weighted by Crippen LogP contribution is -2.17. The van der Waals surface area contributed by atoms with E-state index in [-0.39, 0.29) is 17.2 Å². The molecule has 0 amide bonds. The van der Waals surface area contributed by atoms with E-state index in [1.54, 1.807) is 0 Å². The maximum atomic E-state index is 10.5. The molecule has 1 aromatic heterocycles. The van der Waals surface area contributed by atoms with E-state index in [0.717, 1.165) is 0 Å². The summed E-state index contributed by atoms with van der Waals surface area (Å²) >= 11 is 0. The second kappa shape index (κ2) is 2.41. The number of carbonyl (C=O) groups is 1. The van der Waals surface area contributed by atoms with E-state index < -0.39 is 5.69 Å². The Kier molecular flexibility index (Phi) is 1.59.